The van der Waals surface area contributed by atoms with Crippen LogP contribution < -0.4 is 16.4 Å². The fourth-order valence-corrected chi connectivity index (χ4v) is 3.56. The number of hydrogen-bond donors (Lipinski definition) is 3. The normalized spacial score (nSPS) is 11.3. The Morgan fingerprint density at radius 1 is 1.27 bits per heavy atom. The third-order valence-corrected chi connectivity index (χ3v) is 5.08. The van der Waals surface area contributed by atoms with Crippen molar-refractivity contribution in [3.63, 3.8) is 0 Å². The molecule has 0 unspecified atom stereocenters. The Morgan fingerprint density at radius 3 is 2.46 bits per heavy atom. The van der Waals surface area contributed by atoms with Gasteiger partial charge in [0, 0.05) is 12.1 Å². The number of hydrogen-bond acceptors (Lipinski definition) is 5. The van der Waals surface area contributed by atoms with E-state index in [1.807, 2.05) is 0 Å². The fourth-order valence-electron chi connectivity index (χ4n) is 2.45. The predicted octanol–water partition coefficient (Wildman–Crippen LogP) is 3.92. The molecule has 26 heavy (non-hydrogen) atoms. The van der Waals surface area contributed by atoms with Gasteiger partial charge in [-0.1, -0.05) is 6.07 Å². The Balaban J connectivity index is 2.42. The number of amides is 1. The molecule has 7 heteroatoms. The summed E-state index contributed by atoms with van der Waals surface area (Å²) in [5, 5.41) is 6.17. The van der Waals surface area contributed by atoms with Crippen molar-refractivity contribution in [1.82, 2.24) is 5.32 Å². The highest BCUT2D eigenvalue weighted by molar-refractivity contribution is 7.18. The molecule has 5 nitrogen and oxygen atoms in total. The van der Waals surface area contributed by atoms with E-state index < -0.39 is 11.4 Å². The van der Waals surface area contributed by atoms with E-state index in [1.165, 1.54) is 13.0 Å². The standard InChI is InChI=1S/C19H24FN3O2S/c1-10-6-7-14(13(20)8-10)23-18-15(11(2)16(26-18)12(3)24)17(25)22-9-19(4,5)21/h6-8,23H,9,21H2,1-5H3,(H,22,25). The van der Waals surface area contributed by atoms with Crippen molar-refractivity contribution in [2.24, 2.45) is 5.73 Å². The first-order chi connectivity index (χ1) is 12.0. The number of carbonyl (C=O) groups excluding carboxylic acids is 2. The molecule has 0 bridgehead atoms. The smallest absolute Gasteiger partial charge is 0.254 e. The van der Waals surface area contributed by atoms with E-state index in [0.29, 0.717) is 21.0 Å². The van der Waals surface area contributed by atoms with Crippen LogP contribution in [-0.2, 0) is 0 Å². The van der Waals surface area contributed by atoms with Crippen molar-refractivity contribution in [3.05, 3.63) is 45.6 Å². The number of ketones is 1. The Morgan fingerprint density at radius 2 is 1.92 bits per heavy atom. The van der Waals surface area contributed by atoms with Crippen LogP contribution in [0.3, 0.4) is 0 Å². The van der Waals surface area contributed by atoms with Crippen molar-refractivity contribution in [2.45, 2.75) is 40.2 Å². The summed E-state index contributed by atoms with van der Waals surface area (Å²) in [6.45, 7) is 8.83. The van der Waals surface area contributed by atoms with Gasteiger partial charge in [0.15, 0.2) is 5.78 Å². The number of thiophene rings is 1. The lowest BCUT2D eigenvalue weighted by Gasteiger charge is -2.19. The van der Waals surface area contributed by atoms with Crippen LogP contribution in [0.4, 0.5) is 15.1 Å². The number of anilines is 2. The minimum absolute atomic E-state index is 0.141. The molecule has 0 aliphatic rings. The zero-order valence-electron chi connectivity index (χ0n) is 15.6. The molecule has 0 atom stereocenters. The van der Waals surface area contributed by atoms with Crippen LogP contribution in [0.25, 0.3) is 0 Å². The number of nitrogens with two attached hydrogens (primary N) is 1. The lowest BCUT2D eigenvalue weighted by atomic mass is 10.1. The highest BCUT2D eigenvalue weighted by Crippen LogP contribution is 2.36. The third kappa shape index (κ3) is 4.68. The second-order valence-corrected chi connectivity index (χ2v) is 8.12. The molecule has 1 heterocycles. The van der Waals surface area contributed by atoms with Gasteiger partial charge in [-0.25, -0.2) is 4.39 Å². The molecule has 140 valence electrons. The van der Waals surface area contributed by atoms with Crippen molar-refractivity contribution < 1.29 is 14.0 Å². The van der Waals surface area contributed by atoms with E-state index in [9.17, 15) is 14.0 Å². The molecule has 0 fully saturated rings. The summed E-state index contributed by atoms with van der Waals surface area (Å²) in [5.41, 5.74) is 7.30. The van der Waals surface area contributed by atoms with Gasteiger partial charge in [-0.15, -0.1) is 11.3 Å². The largest absolute Gasteiger partial charge is 0.350 e. The number of Topliss-reactive ketones (excluding diaryl/α,β-unsaturated/α-hetero) is 1. The van der Waals surface area contributed by atoms with Crippen LogP contribution in [0.5, 0.6) is 0 Å². The second kappa shape index (κ2) is 7.55. The Bertz CT molecular complexity index is 853. The summed E-state index contributed by atoms with van der Waals surface area (Å²) in [7, 11) is 0. The van der Waals surface area contributed by atoms with Crippen molar-refractivity contribution in [3.8, 4) is 0 Å². The summed E-state index contributed by atoms with van der Waals surface area (Å²) >= 11 is 1.14. The van der Waals surface area contributed by atoms with Gasteiger partial charge in [-0.3, -0.25) is 9.59 Å². The van der Waals surface area contributed by atoms with E-state index >= 15 is 0 Å². The van der Waals surface area contributed by atoms with Gasteiger partial charge in [0.25, 0.3) is 5.91 Å². The van der Waals surface area contributed by atoms with E-state index in [1.54, 1.807) is 39.8 Å². The molecule has 0 spiro atoms. The molecule has 2 rings (SSSR count). The number of nitrogens with one attached hydrogen (secondary N) is 2. The number of rotatable bonds is 6. The van der Waals surface area contributed by atoms with Crippen molar-refractivity contribution in [2.75, 3.05) is 11.9 Å². The lowest BCUT2D eigenvalue weighted by molar-refractivity contribution is 0.0946. The van der Waals surface area contributed by atoms with Crippen molar-refractivity contribution in [1.29, 1.82) is 0 Å². The average Bonchev–Trinajstić information content (AvgIpc) is 2.84. The maximum Gasteiger partial charge on any atom is 0.254 e. The van der Waals surface area contributed by atoms with E-state index in [4.69, 9.17) is 5.73 Å². The molecule has 1 amide bonds. The van der Waals surface area contributed by atoms with Gasteiger partial charge < -0.3 is 16.4 Å². The summed E-state index contributed by atoms with van der Waals surface area (Å²) in [6.07, 6.45) is 0. The molecule has 0 aliphatic heterocycles. The summed E-state index contributed by atoms with van der Waals surface area (Å²) in [5.74, 6) is -0.909. The summed E-state index contributed by atoms with van der Waals surface area (Å²) in [4.78, 5) is 25.1. The van der Waals surface area contributed by atoms with Gasteiger partial charge in [-0.05, 0) is 57.9 Å². The zero-order chi connectivity index (χ0) is 19.6. The minimum atomic E-state index is -0.570. The van der Waals surface area contributed by atoms with Gasteiger partial charge in [0.05, 0.1) is 16.1 Å². The van der Waals surface area contributed by atoms with Crippen molar-refractivity contribution >= 4 is 33.7 Å². The van der Waals surface area contributed by atoms with Crippen LogP contribution in [0, 0.1) is 19.7 Å². The van der Waals surface area contributed by atoms with Gasteiger partial charge in [-0.2, -0.15) is 0 Å². The average molecular weight is 377 g/mol. The number of benzene rings is 1. The summed E-state index contributed by atoms with van der Waals surface area (Å²) in [6, 6.07) is 4.79. The highest BCUT2D eigenvalue weighted by atomic mass is 32.1. The topological polar surface area (TPSA) is 84.2 Å². The number of halogens is 1. The van der Waals surface area contributed by atoms with Gasteiger partial charge in [0.2, 0.25) is 0 Å². The maximum absolute atomic E-state index is 14.2. The first-order valence-corrected chi connectivity index (χ1v) is 9.06. The van der Waals surface area contributed by atoms with Gasteiger partial charge >= 0.3 is 0 Å². The van der Waals surface area contributed by atoms with Crippen LogP contribution in [0.2, 0.25) is 0 Å². The quantitative estimate of drug-likeness (QED) is 0.666. The molecule has 0 saturated carbocycles. The predicted molar refractivity (Wildman–Crippen MR) is 104 cm³/mol. The second-order valence-electron chi connectivity index (χ2n) is 7.10. The minimum Gasteiger partial charge on any atom is -0.350 e. The van der Waals surface area contributed by atoms with Crippen LogP contribution >= 0.6 is 11.3 Å². The molecule has 0 radical (unpaired) electrons. The van der Waals surface area contributed by atoms with Crippen LogP contribution in [-0.4, -0.2) is 23.8 Å². The highest BCUT2D eigenvalue weighted by Gasteiger charge is 2.24. The SMILES string of the molecule is CC(=O)c1sc(Nc2ccc(C)cc2F)c(C(=O)NCC(C)(C)N)c1C. The third-order valence-electron chi connectivity index (χ3n) is 3.77. The first-order valence-electron chi connectivity index (χ1n) is 8.24. The molecule has 0 aliphatic carbocycles. The van der Waals surface area contributed by atoms with E-state index in [2.05, 4.69) is 10.6 Å². The van der Waals surface area contributed by atoms with E-state index in [0.717, 1.165) is 16.9 Å². The van der Waals surface area contributed by atoms with E-state index in [-0.39, 0.29) is 23.9 Å². The molecule has 1 aromatic carbocycles. The molecular weight excluding hydrogens is 353 g/mol. The number of aryl methyl sites for hydroxylation is 1. The lowest BCUT2D eigenvalue weighted by Crippen LogP contribution is -2.45. The molecule has 2 aromatic rings. The maximum atomic E-state index is 14.2. The Hall–Kier alpha value is -2.25. The van der Waals surface area contributed by atoms with Crippen LogP contribution in [0.15, 0.2) is 18.2 Å². The first kappa shape index (κ1) is 20.1. The molecule has 1 aromatic heterocycles. The monoisotopic (exact) mass is 377 g/mol. The van der Waals surface area contributed by atoms with Crippen LogP contribution in [0.1, 0.15) is 51.9 Å². The summed E-state index contributed by atoms with van der Waals surface area (Å²) < 4.78 is 14.2. The molecule has 0 saturated heterocycles. The zero-order valence-corrected chi connectivity index (χ0v) is 16.4. The van der Waals surface area contributed by atoms with Gasteiger partial charge in [0.1, 0.15) is 10.8 Å². The molecular formula is C19H24FN3O2S. The number of carbonyl (C=O) groups is 2. The fraction of sp³-hybridized carbons (Fsp3) is 0.368. The Kier molecular flexibility index (Phi) is 5.83. The molecule has 4 N–H and O–H groups in total. The Labute approximate surface area is 156 Å².